The van der Waals surface area contributed by atoms with Crippen LogP contribution in [0.15, 0.2) is 6.07 Å². The van der Waals surface area contributed by atoms with E-state index in [1.54, 1.807) is 22.6 Å². The van der Waals surface area contributed by atoms with Crippen LogP contribution in [0.2, 0.25) is 0 Å². The van der Waals surface area contributed by atoms with E-state index in [-0.39, 0.29) is 3.70 Å². The van der Waals surface area contributed by atoms with Gasteiger partial charge in [0.05, 0.1) is 7.11 Å². The van der Waals surface area contributed by atoms with Crippen molar-refractivity contribution < 1.29 is 26.7 Å². The molecular weight excluding hydrogens is 348 g/mol. The minimum absolute atomic E-state index is 0.0118. The molecule has 0 radical (unpaired) electrons. The molecule has 90 valence electrons. The number of pyridine rings is 1. The third-order valence-electron chi connectivity index (χ3n) is 1.70. The highest BCUT2D eigenvalue weighted by molar-refractivity contribution is 14.1. The first-order valence-electron chi connectivity index (χ1n) is 3.87. The highest BCUT2D eigenvalue weighted by atomic mass is 127. The largest absolute Gasteiger partial charge is 0.481 e. The highest BCUT2D eigenvalue weighted by Crippen LogP contribution is 2.41. The Morgan fingerprint density at radius 3 is 2.31 bits per heavy atom. The minimum Gasteiger partial charge on any atom is -0.481 e. The van der Waals surface area contributed by atoms with Crippen molar-refractivity contribution in [1.82, 2.24) is 4.98 Å². The number of alkyl halides is 5. The Morgan fingerprint density at radius 1 is 1.38 bits per heavy atom. The van der Waals surface area contributed by atoms with Crippen molar-refractivity contribution in [3.63, 3.8) is 0 Å². The number of nitrogens with zero attached hydrogens (tertiary/aromatic N) is 1. The number of hydrogen-bond donors (Lipinski definition) is 0. The summed E-state index contributed by atoms with van der Waals surface area (Å²) in [6.45, 7) is 0. The fourth-order valence-electron chi connectivity index (χ4n) is 1.11. The average molecular weight is 353 g/mol. The van der Waals surface area contributed by atoms with Gasteiger partial charge in [-0.05, 0) is 28.7 Å². The number of halogens is 6. The lowest BCUT2D eigenvalue weighted by Gasteiger charge is -2.15. The zero-order chi connectivity index (χ0) is 12.5. The van der Waals surface area contributed by atoms with Gasteiger partial charge < -0.3 is 4.74 Å². The SMILES string of the molecule is COc1nc(I)cc(C(F)F)c1C(F)(F)F. The fourth-order valence-corrected chi connectivity index (χ4v) is 1.67. The maximum absolute atomic E-state index is 12.5. The topological polar surface area (TPSA) is 22.1 Å². The van der Waals surface area contributed by atoms with E-state index >= 15 is 0 Å². The Kier molecular flexibility index (Phi) is 3.92. The van der Waals surface area contributed by atoms with Crippen LogP contribution >= 0.6 is 22.6 Å². The van der Waals surface area contributed by atoms with Gasteiger partial charge in [0.1, 0.15) is 9.26 Å². The van der Waals surface area contributed by atoms with Gasteiger partial charge in [0, 0.05) is 5.56 Å². The van der Waals surface area contributed by atoms with Crippen LogP contribution in [-0.4, -0.2) is 12.1 Å². The lowest BCUT2D eigenvalue weighted by atomic mass is 10.1. The van der Waals surface area contributed by atoms with Crippen LogP contribution in [0, 0.1) is 3.70 Å². The smallest absolute Gasteiger partial charge is 0.422 e. The van der Waals surface area contributed by atoms with Crippen LogP contribution in [0.25, 0.3) is 0 Å². The number of aromatic nitrogens is 1. The van der Waals surface area contributed by atoms with Crippen molar-refractivity contribution in [3.05, 3.63) is 20.9 Å². The first-order chi connectivity index (χ1) is 7.27. The summed E-state index contributed by atoms with van der Waals surface area (Å²) < 4.78 is 66.9. The summed E-state index contributed by atoms with van der Waals surface area (Å²) in [7, 11) is 0.947. The number of rotatable bonds is 2. The molecular formula is C8H5F5INO. The van der Waals surface area contributed by atoms with Gasteiger partial charge in [-0.25, -0.2) is 13.8 Å². The van der Waals surface area contributed by atoms with Crippen molar-refractivity contribution in [1.29, 1.82) is 0 Å². The summed E-state index contributed by atoms with van der Waals surface area (Å²) >= 11 is 1.54. The quantitative estimate of drug-likeness (QED) is 0.460. The molecule has 2 nitrogen and oxygen atoms in total. The molecule has 0 atom stereocenters. The van der Waals surface area contributed by atoms with Gasteiger partial charge in [0.25, 0.3) is 6.43 Å². The Balaban J connectivity index is 3.52. The monoisotopic (exact) mass is 353 g/mol. The molecule has 8 heteroatoms. The maximum Gasteiger partial charge on any atom is 0.422 e. The molecule has 1 rings (SSSR count). The van der Waals surface area contributed by atoms with E-state index < -0.39 is 29.6 Å². The lowest BCUT2D eigenvalue weighted by molar-refractivity contribution is -0.141. The maximum atomic E-state index is 12.5. The van der Waals surface area contributed by atoms with Crippen LogP contribution < -0.4 is 4.74 Å². The van der Waals surface area contributed by atoms with Crippen molar-refractivity contribution in [3.8, 4) is 5.88 Å². The highest BCUT2D eigenvalue weighted by Gasteiger charge is 2.40. The normalized spacial score (nSPS) is 12.0. The molecule has 1 aromatic rings. The summed E-state index contributed by atoms with van der Waals surface area (Å²) in [5.41, 5.74) is -2.64. The van der Waals surface area contributed by atoms with E-state index in [0.29, 0.717) is 6.07 Å². The van der Waals surface area contributed by atoms with Gasteiger partial charge in [-0.15, -0.1) is 0 Å². The molecule has 1 aromatic heterocycles. The van der Waals surface area contributed by atoms with E-state index in [1.807, 2.05) is 0 Å². The number of methoxy groups -OCH3 is 1. The first kappa shape index (κ1) is 13.4. The summed E-state index contributed by atoms with van der Waals surface area (Å²) in [5.74, 6) is -0.838. The van der Waals surface area contributed by atoms with Crippen molar-refractivity contribution in [2.24, 2.45) is 0 Å². The molecule has 0 aromatic carbocycles. The minimum atomic E-state index is -4.92. The summed E-state index contributed by atoms with van der Waals surface area (Å²) in [5, 5.41) is 0. The molecule has 0 fully saturated rings. The Labute approximate surface area is 101 Å². The summed E-state index contributed by atoms with van der Waals surface area (Å²) in [4.78, 5) is 3.41. The predicted molar refractivity (Wildman–Crippen MR) is 53.5 cm³/mol. The third-order valence-corrected chi connectivity index (χ3v) is 2.25. The zero-order valence-electron chi connectivity index (χ0n) is 7.78. The van der Waals surface area contributed by atoms with Gasteiger partial charge in [-0.3, -0.25) is 0 Å². The Morgan fingerprint density at radius 2 is 1.94 bits per heavy atom. The van der Waals surface area contributed by atoms with Crippen molar-refractivity contribution in [2.45, 2.75) is 12.6 Å². The second-order valence-electron chi connectivity index (χ2n) is 2.72. The molecule has 0 spiro atoms. The van der Waals surface area contributed by atoms with E-state index in [0.717, 1.165) is 7.11 Å². The molecule has 0 amide bonds. The molecule has 0 aliphatic rings. The van der Waals surface area contributed by atoms with E-state index in [9.17, 15) is 22.0 Å². The van der Waals surface area contributed by atoms with Gasteiger partial charge >= 0.3 is 6.18 Å². The Bertz CT molecular complexity index is 393. The molecule has 0 bridgehead atoms. The van der Waals surface area contributed by atoms with E-state index in [4.69, 9.17) is 0 Å². The second kappa shape index (κ2) is 4.68. The molecule has 0 saturated carbocycles. The molecule has 16 heavy (non-hydrogen) atoms. The summed E-state index contributed by atoms with van der Waals surface area (Å²) in [6, 6.07) is 0.691. The van der Waals surface area contributed by atoms with Crippen molar-refractivity contribution in [2.75, 3.05) is 7.11 Å². The molecule has 0 unspecified atom stereocenters. The predicted octanol–water partition coefficient (Wildman–Crippen LogP) is 3.65. The second-order valence-corrected chi connectivity index (χ2v) is 3.82. The van der Waals surface area contributed by atoms with E-state index in [2.05, 4.69) is 9.72 Å². The molecule has 0 N–H and O–H groups in total. The molecule has 0 saturated heterocycles. The van der Waals surface area contributed by atoms with Crippen LogP contribution in [0.4, 0.5) is 22.0 Å². The molecule has 0 aliphatic heterocycles. The van der Waals surface area contributed by atoms with Gasteiger partial charge in [0.2, 0.25) is 5.88 Å². The fraction of sp³-hybridized carbons (Fsp3) is 0.375. The van der Waals surface area contributed by atoms with Gasteiger partial charge in [-0.2, -0.15) is 13.2 Å². The van der Waals surface area contributed by atoms with Crippen LogP contribution in [-0.2, 0) is 6.18 Å². The van der Waals surface area contributed by atoms with E-state index in [1.165, 1.54) is 0 Å². The molecule has 1 heterocycles. The lowest BCUT2D eigenvalue weighted by Crippen LogP contribution is -2.13. The summed E-state index contributed by atoms with van der Waals surface area (Å²) in [6.07, 6.45) is -8.16. The molecule has 0 aliphatic carbocycles. The van der Waals surface area contributed by atoms with Gasteiger partial charge in [0.15, 0.2) is 0 Å². The number of ether oxygens (including phenoxy) is 1. The van der Waals surface area contributed by atoms with Gasteiger partial charge in [-0.1, -0.05) is 0 Å². The van der Waals surface area contributed by atoms with Crippen LogP contribution in [0.1, 0.15) is 17.6 Å². The average Bonchev–Trinajstić information content (AvgIpc) is 2.14. The van der Waals surface area contributed by atoms with Crippen molar-refractivity contribution >= 4 is 22.6 Å². The van der Waals surface area contributed by atoms with Crippen LogP contribution in [0.5, 0.6) is 5.88 Å². The zero-order valence-corrected chi connectivity index (χ0v) is 9.94. The number of hydrogen-bond acceptors (Lipinski definition) is 2. The van der Waals surface area contributed by atoms with Crippen LogP contribution in [0.3, 0.4) is 0 Å². The standard InChI is InChI=1S/C8H5F5INO/c1-16-7-5(8(11,12)13)3(6(9)10)2-4(14)15-7/h2,6H,1H3. The first-order valence-corrected chi connectivity index (χ1v) is 4.95. The Hall–Kier alpha value is -0.670. The third kappa shape index (κ3) is 2.71.